The van der Waals surface area contributed by atoms with Gasteiger partial charge >= 0.3 is 0 Å². The van der Waals surface area contributed by atoms with Crippen molar-refractivity contribution in [1.82, 2.24) is 25.1 Å². The Bertz CT molecular complexity index is 1220. The van der Waals surface area contributed by atoms with E-state index < -0.39 is 0 Å². The van der Waals surface area contributed by atoms with E-state index >= 15 is 0 Å². The van der Waals surface area contributed by atoms with Crippen molar-refractivity contribution in [2.45, 2.75) is 49.8 Å². The van der Waals surface area contributed by atoms with Gasteiger partial charge in [0.2, 0.25) is 5.91 Å². The molecule has 1 aliphatic carbocycles. The van der Waals surface area contributed by atoms with E-state index in [-0.39, 0.29) is 17.7 Å². The fraction of sp³-hybridized carbons (Fsp3) is 0.310. The van der Waals surface area contributed by atoms with Crippen LogP contribution in [0.5, 0.6) is 0 Å². The van der Waals surface area contributed by atoms with Crippen LogP contribution in [-0.2, 0) is 4.79 Å². The minimum Gasteiger partial charge on any atom is -0.344 e. The molecule has 7 heteroatoms. The van der Waals surface area contributed by atoms with Crippen LogP contribution in [0.25, 0.3) is 11.4 Å². The van der Waals surface area contributed by atoms with Crippen LogP contribution in [0.1, 0.15) is 55.8 Å². The van der Waals surface area contributed by atoms with E-state index in [1.54, 1.807) is 6.20 Å². The quantitative estimate of drug-likeness (QED) is 0.298. The maximum absolute atomic E-state index is 13.2. The first kappa shape index (κ1) is 24.3. The van der Waals surface area contributed by atoms with E-state index in [1.807, 2.05) is 79.0 Å². The average molecular weight is 498 g/mol. The highest BCUT2D eigenvalue weighted by atomic mass is 32.2. The molecule has 2 aromatic heterocycles. The molecular weight excluding hydrogens is 466 g/mol. The van der Waals surface area contributed by atoms with Crippen LogP contribution in [0, 0.1) is 5.92 Å². The Kier molecular flexibility index (Phi) is 7.76. The zero-order valence-corrected chi connectivity index (χ0v) is 21.3. The Morgan fingerprint density at radius 1 is 0.972 bits per heavy atom. The lowest BCUT2D eigenvalue weighted by atomic mass is 9.85. The molecule has 0 radical (unpaired) electrons. The first-order valence-electron chi connectivity index (χ1n) is 12.6. The van der Waals surface area contributed by atoms with Crippen LogP contribution in [0.2, 0.25) is 0 Å². The number of rotatable bonds is 8. The van der Waals surface area contributed by atoms with E-state index in [4.69, 9.17) is 0 Å². The van der Waals surface area contributed by atoms with Gasteiger partial charge in [-0.15, -0.1) is 10.2 Å². The number of benzene rings is 2. The van der Waals surface area contributed by atoms with Gasteiger partial charge in [0.1, 0.15) is 0 Å². The summed E-state index contributed by atoms with van der Waals surface area (Å²) in [5.74, 6) is 1.59. The van der Waals surface area contributed by atoms with E-state index in [2.05, 4.69) is 32.0 Å². The molecule has 0 bridgehead atoms. The van der Waals surface area contributed by atoms with Gasteiger partial charge in [0.25, 0.3) is 0 Å². The number of pyridine rings is 1. The summed E-state index contributed by atoms with van der Waals surface area (Å²) < 4.78 is 2.25. The number of hydrogen-bond donors (Lipinski definition) is 1. The highest BCUT2D eigenvalue weighted by molar-refractivity contribution is 7.99. The summed E-state index contributed by atoms with van der Waals surface area (Å²) in [6.45, 7) is 2.31. The van der Waals surface area contributed by atoms with Crippen molar-refractivity contribution < 1.29 is 4.79 Å². The van der Waals surface area contributed by atoms with Gasteiger partial charge in [-0.25, -0.2) is 0 Å². The van der Waals surface area contributed by atoms with Crippen molar-refractivity contribution in [2.75, 3.05) is 5.75 Å². The van der Waals surface area contributed by atoms with Gasteiger partial charge in [0, 0.05) is 24.0 Å². The van der Waals surface area contributed by atoms with Gasteiger partial charge in [-0.2, -0.15) is 0 Å². The van der Waals surface area contributed by atoms with Gasteiger partial charge in [0.05, 0.1) is 11.8 Å². The molecule has 1 aliphatic rings. The van der Waals surface area contributed by atoms with E-state index in [0.717, 1.165) is 34.1 Å². The topological polar surface area (TPSA) is 72.7 Å². The number of nitrogens with one attached hydrogen (secondary N) is 1. The summed E-state index contributed by atoms with van der Waals surface area (Å²) in [6, 6.07) is 24.2. The number of thioether (sulfide) groups is 1. The Morgan fingerprint density at radius 2 is 1.67 bits per heavy atom. The molecule has 1 saturated carbocycles. The van der Waals surface area contributed by atoms with Gasteiger partial charge in [0.15, 0.2) is 11.0 Å². The molecule has 0 spiro atoms. The van der Waals surface area contributed by atoms with Crippen LogP contribution < -0.4 is 5.32 Å². The SMILES string of the molecule is C[C@H]1CCCC[C@@H]1n1c(SCC(=O)NC(c2ccccc2)c2ccccc2)nnc1-c1cccnc1. The van der Waals surface area contributed by atoms with Crippen LogP contribution >= 0.6 is 11.8 Å². The summed E-state index contributed by atoms with van der Waals surface area (Å²) in [7, 11) is 0. The van der Waals surface area contributed by atoms with Crippen LogP contribution in [0.4, 0.5) is 0 Å². The normalized spacial score (nSPS) is 17.7. The lowest BCUT2D eigenvalue weighted by Crippen LogP contribution is -2.31. The summed E-state index contributed by atoms with van der Waals surface area (Å²) in [5, 5.41) is 13.1. The second-order valence-electron chi connectivity index (χ2n) is 9.36. The molecule has 2 aromatic carbocycles. The Morgan fingerprint density at radius 3 is 2.31 bits per heavy atom. The second-order valence-corrected chi connectivity index (χ2v) is 10.3. The second kappa shape index (κ2) is 11.5. The zero-order chi connectivity index (χ0) is 24.7. The highest BCUT2D eigenvalue weighted by Crippen LogP contribution is 2.39. The molecule has 0 unspecified atom stereocenters. The molecule has 1 amide bonds. The third-order valence-corrected chi connectivity index (χ3v) is 7.83. The molecule has 1 fully saturated rings. The number of hydrogen-bond acceptors (Lipinski definition) is 5. The maximum atomic E-state index is 13.2. The van der Waals surface area contributed by atoms with E-state index in [9.17, 15) is 4.79 Å². The smallest absolute Gasteiger partial charge is 0.231 e. The van der Waals surface area contributed by atoms with Crippen molar-refractivity contribution in [3.63, 3.8) is 0 Å². The number of aromatic nitrogens is 4. The number of carbonyl (C=O) groups is 1. The van der Waals surface area contributed by atoms with Gasteiger partial charge in [-0.1, -0.05) is 92.2 Å². The minimum absolute atomic E-state index is 0.0353. The van der Waals surface area contributed by atoms with Gasteiger partial charge < -0.3 is 5.32 Å². The van der Waals surface area contributed by atoms with Crippen molar-refractivity contribution >= 4 is 17.7 Å². The highest BCUT2D eigenvalue weighted by Gasteiger charge is 2.29. The standard InChI is InChI=1S/C29H31N5OS/c1-21-11-8-9-17-25(21)34-28(24-16-10-18-30-19-24)32-33-29(34)36-20-26(35)31-27(22-12-4-2-5-13-22)23-14-6-3-7-15-23/h2-7,10,12-16,18-19,21,25,27H,8-9,11,17,20H2,1H3,(H,31,35)/t21-,25-/m0/s1. The van der Waals surface area contributed by atoms with E-state index in [0.29, 0.717) is 12.0 Å². The molecule has 36 heavy (non-hydrogen) atoms. The first-order valence-corrected chi connectivity index (χ1v) is 13.6. The predicted molar refractivity (Wildman–Crippen MR) is 144 cm³/mol. The monoisotopic (exact) mass is 497 g/mol. The summed E-state index contributed by atoms with van der Waals surface area (Å²) in [5.41, 5.74) is 3.06. The fourth-order valence-electron chi connectivity index (χ4n) is 5.03. The van der Waals surface area contributed by atoms with Crippen molar-refractivity contribution in [3.8, 4) is 11.4 Å². The number of amides is 1. The Hall–Kier alpha value is -3.45. The molecule has 5 rings (SSSR count). The molecule has 4 aromatic rings. The molecule has 0 saturated heterocycles. The Labute approximate surface area is 216 Å². The maximum Gasteiger partial charge on any atom is 0.231 e. The van der Waals surface area contributed by atoms with Gasteiger partial charge in [-0.05, 0) is 42.0 Å². The third kappa shape index (κ3) is 5.51. The Balaban J connectivity index is 1.37. The molecular formula is C29H31N5OS. The predicted octanol–water partition coefficient (Wildman–Crippen LogP) is 6.09. The molecule has 2 heterocycles. The lowest BCUT2D eigenvalue weighted by molar-refractivity contribution is -0.119. The summed E-state index contributed by atoms with van der Waals surface area (Å²) >= 11 is 1.46. The molecule has 2 atom stereocenters. The van der Waals surface area contributed by atoms with Crippen LogP contribution in [0.15, 0.2) is 90.3 Å². The largest absolute Gasteiger partial charge is 0.344 e. The third-order valence-electron chi connectivity index (χ3n) is 6.89. The number of nitrogens with zero attached hydrogens (tertiary/aromatic N) is 4. The van der Waals surface area contributed by atoms with Crippen molar-refractivity contribution in [2.24, 2.45) is 5.92 Å². The van der Waals surface area contributed by atoms with Crippen LogP contribution in [0.3, 0.4) is 0 Å². The molecule has 0 aliphatic heterocycles. The average Bonchev–Trinajstić information content (AvgIpc) is 3.36. The van der Waals surface area contributed by atoms with E-state index in [1.165, 1.54) is 31.0 Å². The van der Waals surface area contributed by atoms with Gasteiger partial charge in [-0.3, -0.25) is 14.3 Å². The lowest BCUT2D eigenvalue weighted by Gasteiger charge is -2.31. The van der Waals surface area contributed by atoms with Crippen LogP contribution in [-0.4, -0.2) is 31.4 Å². The number of carbonyl (C=O) groups excluding carboxylic acids is 1. The fourth-order valence-corrected chi connectivity index (χ4v) is 5.83. The molecule has 184 valence electrons. The molecule has 6 nitrogen and oxygen atoms in total. The summed E-state index contributed by atoms with van der Waals surface area (Å²) in [4.78, 5) is 17.5. The minimum atomic E-state index is -0.206. The van der Waals surface area contributed by atoms with Crippen molar-refractivity contribution in [3.05, 3.63) is 96.3 Å². The molecule has 1 N–H and O–H groups in total. The first-order chi connectivity index (χ1) is 17.7. The van der Waals surface area contributed by atoms with Crippen molar-refractivity contribution in [1.29, 1.82) is 0 Å². The zero-order valence-electron chi connectivity index (χ0n) is 20.5. The summed E-state index contributed by atoms with van der Waals surface area (Å²) in [6.07, 6.45) is 8.34.